The second kappa shape index (κ2) is 6.20. The van der Waals surface area contributed by atoms with Crippen molar-refractivity contribution in [2.45, 2.75) is 20.8 Å². The fourth-order valence-electron chi connectivity index (χ4n) is 2.79. The molecule has 1 aromatic carbocycles. The average molecular weight is 260 g/mol. The first-order chi connectivity index (χ1) is 9.10. The Balaban J connectivity index is 1.99. The number of nitrogens with zero attached hydrogens (tertiary/aromatic N) is 2. The van der Waals surface area contributed by atoms with Crippen LogP contribution in [0, 0.1) is 12.8 Å². The van der Waals surface area contributed by atoms with E-state index in [4.69, 9.17) is 0 Å². The zero-order valence-electron chi connectivity index (χ0n) is 12.2. The smallest absolute Gasteiger partial charge is 0.150 e. The minimum Gasteiger partial charge on any atom is -0.369 e. The van der Waals surface area contributed by atoms with E-state index in [9.17, 15) is 4.79 Å². The van der Waals surface area contributed by atoms with Crippen LogP contribution in [0.4, 0.5) is 5.69 Å². The van der Waals surface area contributed by atoms with Gasteiger partial charge in [-0.25, -0.2) is 0 Å². The maximum atomic E-state index is 10.8. The van der Waals surface area contributed by atoms with Gasteiger partial charge in [0.15, 0.2) is 0 Å². The first-order valence-electron chi connectivity index (χ1n) is 7.13. The maximum absolute atomic E-state index is 10.8. The predicted molar refractivity (Wildman–Crippen MR) is 80.1 cm³/mol. The van der Waals surface area contributed by atoms with Crippen LogP contribution in [-0.2, 0) is 0 Å². The Hall–Kier alpha value is -1.35. The van der Waals surface area contributed by atoms with Crippen molar-refractivity contribution in [3.8, 4) is 0 Å². The molecular weight excluding hydrogens is 236 g/mol. The van der Waals surface area contributed by atoms with Gasteiger partial charge in [0.05, 0.1) is 0 Å². The summed E-state index contributed by atoms with van der Waals surface area (Å²) in [5.74, 6) is 0.736. The van der Waals surface area contributed by atoms with Crippen LogP contribution in [0.25, 0.3) is 0 Å². The Labute approximate surface area is 116 Å². The Morgan fingerprint density at radius 2 is 1.89 bits per heavy atom. The lowest BCUT2D eigenvalue weighted by Gasteiger charge is -2.37. The van der Waals surface area contributed by atoms with Gasteiger partial charge in [0, 0.05) is 44.0 Å². The van der Waals surface area contributed by atoms with Gasteiger partial charge in [0.1, 0.15) is 6.29 Å². The number of aryl methyl sites for hydroxylation is 1. The molecule has 1 aliphatic heterocycles. The number of aldehydes is 1. The van der Waals surface area contributed by atoms with Crippen LogP contribution in [-0.4, -0.2) is 43.9 Å². The molecule has 0 saturated carbocycles. The molecule has 0 N–H and O–H groups in total. The Kier molecular flexibility index (Phi) is 4.59. The van der Waals surface area contributed by atoms with Crippen LogP contribution in [0.5, 0.6) is 0 Å². The summed E-state index contributed by atoms with van der Waals surface area (Å²) < 4.78 is 0. The number of carbonyl (C=O) groups is 1. The SMILES string of the molecule is Cc1cc(C=O)ccc1N1CCN(CC(C)C)CC1. The Morgan fingerprint density at radius 1 is 1.21 bits per heavy atom. The van der Waals surface area contributed by atoms with Gasteiger partial charge in [0.25, 0.3) is 0 Å². The Bertz CT molecular complexity index is 434. The van der Waals surface area contributed by atoms with Gasteiger partial charge in [-0.1, -0.05) is 13.8 Å². The molecule has 0 spiro atoms. The number of carbonyl (C=O) groups excluding carboxylic acids is 1. The molecule has 0 aliphatic carbocycles. The van der Waals surface area contributed by atoms with Crippen LogP contribution < -0.4 is 4.90 Å². The van der Waals surface area contributed by atoms with Crippen LogP contribution >= 0.6 is 0 Å². The van der Waals surface area contributed by atoms with Crippen LogP contribution in [0.1, 0.15) is 29.8 Å². The molecule has 0 amide bonds. The maximum Gasteiger partial charge on any atom is 0.150 e. The molecule has 3 nitrogen and oxygen atoms in total. The molecule has 0 unspecified atom stereocenters. The molecule has 1 heterocycles. The van der Waals surface area contributed by atoms with Crippen molar-refractivity contribution >= 4 is 12.0 Å². The summed E-state index contributed by atoms with van der Waals surface area (Å²) in [7, 11) is 0. The predicted octanol–water partition coefficient (Wildman–Crippen LogP) is 2.59. The molecule has 0 atom stereocenters. The molecule has 1 saturated heterocycles. The van der Waals surface area contributed by atoms with E-state index in [-0.39, 0.29) is 0 Å². The number of anilines is 1. The topological polar surface area (TPSA) is 23.6 Å². The van der Waals surface area contributed by atoms with E-state index in [0.717, 1.165) is 43.9 Å². The number of hydrogen-bond acceptors (Lipinski definition) is 3. The standard InChI is InChI=1S/C16H24N2O/c1-13(2)11-17-6-8-18(9-7-17)16-5-4-15(12-19)10-14(16)3/h4-5,10,12-13H,6-9,11H2,1-3H3. The lowest BCUT2D eigenvalue weighted by atomic mass is 10.1. The van der Waals surface area contributed by atoms with E-state index in [1.807, 2.05) is 12.1 Å². The van der Waals surface area contributed by atoms with E-state index in [2.05, 4.69) is 36.6 Å². The van der Waals surface area contributed by atoms with Gasteiger partial charge in [0.2, 0.25) is 0 Å². The molecule has 1 aromatic rings. The van der Waals surface area contributed by atoms with Gasteiger partial charge in [-0.15, -0.1) is 0 Å². The zero-order valence-corrected chi connectivity index (χ0v) is 12.2. The fourth-order valence-corrected chi connectivity index (χ4v) is 2.79. The lowest BCUT2D eigenvalue weighted by Crippen LogP contribution is -2.47. The van der Waals surface area contributed by atoms with Gasteiger partial charge < -0.3 is 4.90 Å². The van der Waals surface area contributed by atoms with Crippen molar-refractivity contribution in [1.29, 1.82) is 0 Å². The number of rotatable bonds is 4. The molecule has 0 aromatic heterocycles. The first kappa shape index (κ1) is 14.1. The highest BCUT2D eigenvalue weighted by molar-refractivity contribution is 5.77. The summed E-state index contributed by atoms with van der Waals surface area (Å²) >= 11 is 0. The Morgan fingerprint density at radius 3 is 2.42 bits per heavy atom. The van der Waals surface area contributed by atoms with Gasteiger partial charge >= 0.3 is 0 Å². The van der Waals surface area contributed by atoms with Gasteiger partial charge in [-0.2, -0.15) is 0 Å². The molecular formula is C16H24N2O. The van der Waals surface area contributed by atoms with Crippen molar-refractivity contribution in [3.05, 3.63) is 29.3 Å². The molecule has 0 radical (unpaired) electrons. The summed E-state index contributed by atoms with van der Waals surface area (Å²) in [6.07, 6.45) is 0.914. The van der Waals surface area contributed by atoms with E-state index in [0.29, 0.717) is 0 Å². The van der Waals surface area contributed by atoms with E-state index < -0.39 is 0 Å². The number of benzene rings is 1. The quantitative estimate of drug-likeness (QED) is 0.777. The van der Waals surface area contributed by atoms with Crippen LogP contribution in [0.2, 0.25) is 0 Å². The third-order valence-electron chi connectivity index (χ3n) is 3.69. The van der Waals surface area contributed by atoms with E-state index in [1.165, 1.54) is 17.8 Å². The molecule has 19 heavy (non-hydrogen) atoms. The fraction of sp³-hybridized carbons (Fsp3) is 0.562. The minimum atomic E-state index is 0.736. The summed E-state index contributed by atoms with van der Waals surface area (Å²) in [6, 6.07) is 5.97. The van der Waals surface area contributed by atoms with Crippen molar-refractivity contribution in [3.63, 3.8) is 0 Å². The molecule has 0 bridgehead atoms. The monoisotopic (exact) mass is 260 g/mol. The summed E-state index contributed by atoms with van der Waals surface area (Å²) in [4.78, 5) is 15.7. The highest BCUT2D eigenvalue weighted by Crippen LogP contribution is 2.22. The summed E-state index contributed by atoms with van der Waals surface area (Å²) in [5, 5.41) is 0. The summed E-state index contributed by atoms with van der Waals surface area (Å²) in [6.45, 7) is 12.2. The van der Waals surface area contributed by atoms with E-state index >= 15 is 0 Å². The zero-order chi connectivity index (χ0) is 13.8. The third kappa shape index (κ3) is 3.57. The minimum absolute atomic E-state index is 0.736. The highest BCUT2D eigenvalue weighted by Gasteiger charge is 2.18. The first-order valence-corrected chi connectivity index (χ1v) is 7.13. The number of piperazine rings is 1. The van der Waals surface area contributed by atoms with Crippen molar-refractivity contribution in [2.75, 3.05) is 37.6 Å². The average Bonchev–Trinajstić information content (AvgIpc) is 2.39. The molecule has 1 aliphatic rings. The largest absolute Gasteiger partial charge is 0.369 e. The highest BCUT2D eigenvalue weighted by atomic mass is 16.1. The van der Waals surface area contributed by atoms with E-state index in [1.54, 1.807) is 0 Å². The van der Waals surface area contributed by atoms with Crippen LogP contribution in [0.15, 0.2) is 18.2 Å². The molecule has 3 heteroatoms. The lowest BCUT2D eigenvalue weighted by molar-refractivity contribution is 0.112. The number of hydrogen-bond donors (Lipinski definition) is 0. The normalized spacial score (nSPS) is 16.9. The second-order valence-electron chi connectivity index (χ2n) is 5.85. The van der Waals surface area contributed by atoms with Crippen molar-refractivity contribution in [2.24, 2.45) is 5.92 Å². The van der Waals surface area contributed by atoms with Crippen molar-refractivity contribution < 1.29 is 4.79 Å². The molecule has 1 fully saturated rings. The molecule has 104 valence electrons. The van der Waals surface area contributed by atoms with Gasteiger partial charge in [-0.3, -0.25) is 9.69 Å². The summed E-state index contributed by atoms with van der Waals surface area (Å²) in [5.41, 5.74) is 3.23. The van der Waals surface area contributed by atoms with Crippen molar-refractivity contribution in [1.82, 2.24) is 4.90 Å². The molecule has 2 rings (SSSR count). The second-order valence-corrected chi connectivity index (χ2v) is 5.85. The van der Waals surface area contributed by atoms with Crippen LogP contribution in [0.3, 0.4) is 0 Å². The third-order valence-corrected chi connectivity index (χ3v) is 3.69. The van der Waals surface area contributed by atoms with Gasteiger partial charge in [-0.05, 0) is 36.6 Å².